The van der Waals surface area contributed by atoms with Gasteiger partial charge in [0.25, 0.3) is 0 Å². The predicted octanol–water partition coefficient (Wildman–Crippen LogP) is 3.32. The summed E-state index contributed by atoms with van der Waals surface area (Å²) >= 11 is 5.70. The number of halogens is 2. The lowest BCUT2D eigenvalue weighted by Gasteiger charge is -2.19. The van der Waals surface area contributed by atoms with E-state index < -0.39 is 0 Å². The molecule has 0 spiro atoms. The number of anilines is 1. The third-order valence-electron chi connectivity index (χ3n) is 2.81. The van der Waals surface area contributed by atoms with Gasteiger partial charge in [-0.2, -0.15) is 0 Å². The maximum absolute atomic E-state index is 13.5. The molecular weight excluding hydrogens is 229 g/mol. The molecule has 2 nitrogen and oxygen atoms in total. The summed E-state index contributed by atoms with van der Waals surface area (Å²) in [7, 11) is 1.66. The van der Waals surface area contributed by atoms with Gasteiger partial charge in [0, 0.05) is 12.1 Å². The fourth-order valence-corrected chi connectivity index (χ4v) is 1.94. The van der Waals surface area contributed by atoms with Crippen LogP contribution in [0.5, 0.6) is 0 Å². The van der Waals surface area contributed by atoms with Gasteiger partial charge in [-0.05, 0) is 37.0 Å². The summed E-state index contributed by atoms with van der Waals surface area (Å²) in [6.45, 7) is 0.604. The summed E-state index contributed by atoms with van der Waals surface area (Å²) in [5.41, 5.74) is 0.498. The molecule has 0 heterocycles. The molecule has 4 heteroatoms. The van der Waals surface area contributed by atoms with Crippen molar-refractivity contribution in [2.75, 3.05) is 19.0 Å². The van der Waals surface area contributed by atoms with Crippen molar-refractivity contribution >= 4 is 17.3 Å². The van der Waals surface area contributed by atoms with Crippen LogP contribution in [0.2, 0.25) is 5.02 Å². The quantitative estimate of drug-likeness (QED) is 0.857. The lowest BCUT2D eigenvalue weighted by molar-refractivity contribution is 0.179. The molecular formula is C12H15ClFNO. The van der Waals surface area contributed by atoms with E-state index in [1.165, 1.54) is 18.9 Å². The number of benzene rings is 1. The van der Waals surface area contributed by atoms with Crippen LogP contribution in [-0.4, -0.2) is 19.8 Å². The average molecular weight is 244 g/mol. The van der Waals surface area contributed by atoms with E-state index in [4.69, 9.17) is 16.3 Å². The van der Waals surface area contributed by atoms with Crippen LogP contribution in [0.15, 0.2) is 18.2 Å². The molecule has 1 aliphatic rings. The normalized spacial score (nSPS) is 17.2. The van der Waals surface area contributed by atoms with Crippen molar-refractivity contribution < 1.29 is 9.13 Å². The number of rotatable bonds is 5. The molecule has 1 saturated carbocycles. The van der Waals surface area contributed by atoms with Crippen molar-refractivity contribution in [3.63, 3.8) is 0 Å². The van der Waals surface area contributed by atoms with Gasteiger partial charge in [0.05, 0.1) is 18.3 Å². The Morgan fingerprint density at radius 3 is 2.88 bits per heavy atom. The van der Waals surface area contributed by atoms with Gasteiger partial charge in [-0.3, -0.25) is 0 Å². The van der Waals surface area contributed by atoms with Crippen molar-refractivity contribution in [2.24, 2.45) is 5.92 Å². The molecule has 0 saturated heterocycles. The Balaban J connectivity index is 2.05. The van der Waals surface area contributed by atoms with Crippen LogP contribution in [0.4, 0.5) is 10.1 Å². The van der Waals surface area contributed by atoms with Crippen molar-refractivity contribution in [2.45, 2.75) is 18.9 Å². The highest BCUT2D eigenvalue weighted by Crippen LogP contribution is 2.34. The fraction of sp³-hybridized carbons (Fsp3) is 0.500. The van der Waals surface area contributed by atoms with Gasteiger partial charge in [0.1, 0.15) is 5.82 Å². The summed E-state index contributed by atoms with van der Waals surface area (Å²) in [4.78, 5) is 0. The Bertz CT molecular complexity index is 368. The zero-order chi connectivity index (χ0) is 11.5. The van der Waals surface area contributed by atoms with Crippen molar-refractivity contribution in [1.82, 2.24) is 0 Å². The zero-order valence-corrected chi connectivity index (χ0v) is 9.93. The molecule has 2 rings (SSSR count). The molecule has 0 aromatic heterocycles. The Hall–Kier alpha value is -0.800. The molecule has 1 unspecified atom stereocenters. The number of nitrogens with one attached hydrogen (secondary N) is 1. The SMILES string of the molecule is COCC(Nc1ccc(Cl)cc1F)C1CC1. The van der Waals surface area contributed by atoms with Crippen LogP contribution in [0.25, 0.3) is 0 Å². The second kappa shape index (κ2) is 5.02. The van der Waals surface area contributed by atoms with Crippen LogP contribution in [-0.2, 0) is 4.74 Å². The number of ether oxygens (including phenoxy) is 1. The van der Waals surface area contributed by atoms with Gasteiger partial charge in [0.2, 0.25) is 0 Å². The first-order valence-corrected chi connectivity index (χ1v) is 5.79. The molecule has 88 valence electrons. The minimum Gasteiger partial charge on any atom is -0.383 e. The van der Waals surface area contributed by atoms with Crippen LogP contribution < -0.4 is 5.32 Å². The Labute approximate surface area is 99.7 Å². The average Bonchev–Trinajstić information content (AvgIpc) is 3.04. The molecule has 1 fully saturated rings. The second-order valence-corrected chi connectivity index (χ2v) is 4.60. The molecule has 0 radical (unpaired) electrons. The molecule has 1 aromatic carbocycles. The predicted molar refractivity (Wildman–Crippen MR) is 63.4 cm³/mol. The fourth-order valence-electron chi connectivity index (χ4n) is 1.78. The molecule has 16 heavy (non-hydrogen) atoms. The summed E-state index contributed by atoms with van der Waals surface area (Å²) < 4.78 is 18.7. The van der Waals surface area contributed by atoms with Crippen LogP contribution in [0, 0.1) is 11.7 Å². The van der Waals surface area contributed by atoms with Gasteiger partial charge < -0.3 is 10.1 Å². The van der Waals surface area contributed by atoms with Crippen LogP contribution >= 0.6 is 11.6 Å². The van der Waals surface area contributed by atoms with E-state index in [-0.39, 0.29) is 11.9 Å². The van der Waals surface area contributed by atoms with Crippen molar-refractivity contribution in [3.8, 4) is 0 Å². The van der Waals surface area contributed by atoms with E-state index in [0.717, 1.165) is 0 Å². The highest BCUT2D eigenvalue weighted by Gasteiger charge is 2.31. The second-order valence-electron chi connectivity index (χ2n) is 4.17. The summed E-state index contributed by atoms with van der Waals surface area (Å²) in [5, 5.41) is 3.59. The summed E-state index contributed by atoms with van der Waals surface area (Å²) in [6, 6.07) is 4.87. The number of hydrogen-bond donors (Lipinski definition) is 1. The minimum atomic E-state index is -0.311. The molecule has 0 bridgehead atoms. The van der Waals surface area contributed by atoms with E-state index >= 15 is 0 Å². The molecule has 1 aliphatic carbocycles. The van der Waals surface area contributed by atoms with Crippen LogP contribution in [0.3, 0.4) is 0 Å². The summed E-state index contributed by atoms with van der Waals surface area (Å²) in [6.07, 6.45) is 2.38. The highest BCUT2D eigenvalue weighted by molar-refractivity contribution is 6.30. The third-order valence-corrected chi connectivity index (χ3v) is 3.04. The number of methoxy groups -OCH3 is 1. The Kier molecular flexibility index (Phi) is 3.66. The first-order chi connectivity index (χ1) is 7.70. The largest absolute Gasteiger partial charge is 0.383 e. The molecule has 1 N–H and O–H groups in total. The lowest BCUT2D eigenvalue weighted by Crippen LogP contribution is -2.27. The van der Waals surface area contributed by atoms with E-state index in [2.05, 4.69) is 5.32 Å². The smallest absolute Gasteiger partial charge is 0.147 e. The Morgan fingerprint density at radius 2 is 2.31 bits per heavy atom. The van der Waals surface area contributed by atoms with Gasteiger partial charge in [0.15, 0.2) is 0 Å². The Morgan fingerprint density at radius 1 is 1.56 bits per heavy atom. The number of hydrogen-bond acceptors (Lipinski definition) is 2. The molecule has 1 atom stereocenters. The van der Waals surface area contributed by atoms with E-state index in [1.54, 1.807) is 19.2 Å². The monoisotopic (exact) mass is 243 g/mol. The molecule has 0 amide bonds. The van der Waals surface area contributed by atoms with Gasteiger partial charge in [-0.1, -0.05) is 11.6 Å². The van der Waals surface area contributed by atoms with Gasteiger partial charge in [-0.15, -0.1) is 0 Å². The topological polar surface area (TPSA) is 21.3 Å². The maximum Gasteiger partial charge on any atom is 0.147 e. The first kappa shape index (κ1) is 11.7. The maximum atomic E-state index is 13.5. The zero-order valence-electron chi connectivity index (χ0n) is 9.17. The van der Waals surface area contributed by atoms with E-state index in [0.29, 0.717) is 23.2 Å². The van der Waals surface area contributed by atoms with Crippen molar-refractivity contribution in [3.05, 3.63) is 29.0 Å². The van der Waals surface area contributed by atoms with E-state index in [9.17, 15) is 4.39 Å². The van der Waals surface area contributed by atoms with Gasteiger partial charge in [-0.25, -0.2) is 4.39 Å². The molecule has 0 aliphatic heterocycles. The standard InChI is InChI=1S/C12H15ClFNO/c1-16-7-12(8-2-3-8)15-11-5-4-9(13)6-10(11)14/h4-6,8,12,15H,2-3,7H2,1H3. The lowest BCUT2D eigenvalue weighted by atomic mass is 10.2. The third kappa shape index (κ3) is 2.86. The van der Waals surface area contributed by atoms with Crippen LogP contribution in [0.1, 0.15) is 12.8 Å². The molecule has 1 aromatic rings. The van der Waals surface area contributed by atoms with Gasteiger partial charge >= 0.3 is 0 Å². The minimum absolute atomic E-state index is 0.195. The van der Waals surface area contributed by atoms with E-state index in [1.807, 2.05) is 0 Å². The highest BCUT2D eigenvalue weighted by atomic mass is 35.5. The summed E-state index contributed by atoms with van der Waals surface area (Å²) in [5.74, 6) is 0.296. The van der Waals surface area contributed by atoms with Crippen molar-refractivity contribution in [1.29, 1.82) is 0 Å². The first-order valence-electron chi connectivity index (χ1n) is 5.41.